The average Bonchev–Trinajstić information content (AvgIpc) is 3.71. The van der Waals surface area contributed by atoms with Gasteiger partial charge in [-0.1, -0.05) is 13.8 Å². The van der Waals surface area contributed by atoms with Gasteiger partial charge in [-0.25, -0.2) is 9.97 Å². The number of nitrogens with zero attached hydrogens (tertiary/aromatic N) is 2. The number of aryl methyl sites for hydroxylation is 4. The van der Waals surface area contributed by atoms with E-state index in [0.717, 1.165) is 27.8 Å². The van der Waals surface area contributed by atoms with Crippen LogP contribution in [0.3, 0.4) is 0 Å². The Labute approximate surface area is 277 Å². The van der Waals surface area contributed by atoms with Crippen molar-refractivity contribution in [2.45, 2.75) is 86.2 Å². The summed E-state index contributed by atoms with van der Waals surface area (Å²) >= 11 is 0. The number of aromatic nitrogens is 4. The second-order valence-corrected chi connectivity index (χ2v) is 12.2. The van der Waals surface area contributed by atoms with E-state index in [-0.39, 0.29) is 36.0 Å². The molecular weight excluding hydrogens is 621 g/mol. The summed E-state index contributed by atoms with van der Waals surface area (Å²) in [6, 6.07) is 5.48. The van der Waals surface area contributed by atoms with Crippen molar-refractivity contribution in [2.24, 2.45) is 0 Å². The van der Waals surface area contributed by atoms with Gasteiger partial charge in [-0.2, -0.15) is 13.2 Å². The Bertz CT molecular complexity index is 2050. The Morgan fingerprint density at radius 2 is 1.31 bits per heavy atom. The summed E-state index contributed by atoms with van der Waals surface area (Å²) in [4.78, 5) is 40.6. The van der Waals surface area contributed by atoms with Crippen molar-refractivity contribution in [1.29, 1.82) is 0 Å². The van der Waals surface area contributed by atoms with Crippen LogP contribution in [0.2, 0.25) is 0 Å². The van der Waals surface area contributed by atoms with Crippen molar-refractivity contribution >= 4 is 56.3 Å². The normalized spacial score (nSPS) is 13.4. The van der Waals surface area contributed by atoms with Gasteiger partial charge < -0.3 is 19.4 Å². The van der Waals surface area contributed by atoms with Crippen LogP contribution in [-0.2, 0) is 38.1 Å². The molecule has 48 heavy (non-hydrogen) atoms. The molecule has 0 radical (unpaired) electrons. The molecule has 0 saturated heterocycles. The zero-order chi connectivity index (χ0) is 35.1. The zero-order valence-electron chi connectivity index (χ0n) is 28.6. The van der Waals surface area contributed by atoms with Crippen LogP contribution in [0.15, 0.2) is 18.2 Å². The number of esters is 2. The first kappa shape index (κ1) is 34.7. The molecule has 2 aliphatic heterocycles. The number of alkyl halides is 3. The predicted octanol–water partition coefficient (Wildman–Crippen LogP) is 8.84. The van der Waals surface area contributed by atoms with E-state index in [0.29, 0.717) is 76.0 Å². The van der Waals surface area contributed by atoms with Gasteiger partial charge in [0.15, 0.2) is 0 Å². The van der Waals surface area contributed by atoms with Gasteiger partial charge in [-0.05, 0) is 116 Å². The number of hydrogen-bond donors (Lipinski definition) is 2. The standard InChI is InChI=1S/C37H41F3N4O4/c1-9-22-21(6)35-34(37(38,39)40)36-23(10-2)18(3)28(43-36)15-26-19(4)24(11-13-32(45)47-7)30(41-26)17-31-25(12-14-33(46)48-8)20(5)27(42-31)16-29(22)44-35/h15-17,42,44H,9-14H2,1-8H3. The molecule has 2 aliphatic rings. The van der Waals surface area contributed by atoms with Crippen molar-refractivity contribution in [2.75, 3.05) is 14.2 Å². The van der Waals surface area contributed by atoms with Crippen molar-refractivity contribution in [3.63, 3.8) is 0 Å². The molecule has 2 N–H and O–H groups in total. The third kappa shape index (κ3) is 6.30. The van der Waals surface area contributed by atoms with Gasteiger partial charge in [-0.3, -0.25) is 9.59 Å². The van der Waals surface area contributed by atoms with E-state index in [1.54, 1.807) is 19.9 Å². The van der Waals surface area contributed by atoms with Crippen LogP contribution in [0.4, 0.5) is 13.2 Å². The molecule has 0 atom stereocenters. The molecule has 5 heterocycles. The van der Waals surface area contributed by atoms with Crippen molar-refractivity contribution < 1.29 is 32.2 Å². The van der Waals surface area contributed by atoms with Crippen LogP contribution >= 0.6 is 0 Å². The Hall–Kier alpha value is -4.67. The van der Waals surface area contributed by atoms with Crippen LogP contribution in [0.5, 0.6) is 0 Å². The quantitative estimate of drug-likeness (QED) is 0.233. The molecule has 5 rings (SSSR count). The van der Waals surface area contributed by atoms with E-state index in [1.165, 1.54) is 14.2 Å². The molecule has 0 fully saturated rings. The minimum atomic E-state index is -4.70. The number of carbonyl (C=O) groups is 2. The zero-order valence-corrected chi connectivity index (χ0v) is 28.6. The van der Waals surface area contributed by atoms with Gasteiger partial charge in [-0.15, -0.1) is 0 Å². The summed E-state index contributed by atoms with van der Waals surface area (Å²) in [6.07, 6.45) is -2.87. The minimum Gasteiger partial charge on any atom is -0.469 e. The molecule has 11 heteroatoms. The van der Waals surface area contributed by atoms with Gasteiger partial charge in [0, 0.05) is 29.4 Å². The minimum absolute atomic E-state index is 0.00615. The van der Waals surface area contributed by atoms with E-state index in [2.05, 4.69) is 15.0 Å². The molecule has 254 valence electrons. The molecule has 0 aliphatic carbocycles. The summed E-state index contributed by atoms with van der Waals surface area (Å²) < 4.78 is 55.3. The smallest absolute Gasteiger partial charge is 0.420 e. The Balaban J connectivity index is 1.99. The molecular formula is C37H41F3N4O4. The fourth-order valence-corrected chi connectivity index (χ4v) is 6.80. The highest BCUT2D eigenvalue weighted by atomic mass is 19.4. The van der Waals surface area contributed by atoms with Gasteiger partial charge in [0.25, 0.3) is 0 Å². The van der Waals surface area contributed by atoms with Gasteiger partial charge in [0.2, 0.25) is 0 Å². The lowest BCUT2D eigenvalue weighted by Crippen LogP contribution is -2.10. The maximum Gasteiger partial charge on any atom is 0.420 e. The first-order chi connectivity index (χ1) is 22.7. The second-order valence-electron chi connectivity index (χ2n) is 12.2. The predicted molar refractivity (Wildman–Crippen MR) is 182 cm³/mol. The lowest BCUT2D eigenvalue weighted by atomic mass is 9.98. The fraction of sp³-hybridized carbons (Fsp3) is 0.405. The van der Waals surface area contributed by atoms with Gasteiger partial charge >= 0.3 is 18.1 Å². The van der Waals surface area contributed by atoms with E-state index >= 15 is 13.2 Å². The lowest BCUT2D eigenvalue weighted by molar-refractivity contribution is -0.141. The largest absolute Gasteiger partial charge is 0.469 e. The molecule has 8 nitrogen and oxygen atoms in total. The van der Waals surface area contributed by atoms with E-state index in [4.69, 9.17) is 14.5 Å². The highest BCUT2D eigenvalue weighted by Gasteiger charge is 2.39. The summed E-state index contributed by atoms with van der Waals surface area (Å²) in [7, 11) is 2.68. The Morgan fingerprint density at radius 3 is 1.92 bits per heavy atom. The van der Waals surface area contributed by atoms with Crippen LogP contribution in [0.1, 0.15) is 104 Å². The molecule has 0 unspecified atom stereocenters. The van der Waals surface area contributed by atoms with Crippen molar-refractivity contribution in [1.82, 2.24) is 19.9 Å². The molecule has 3 aromatic heterocycles. The third-order valence-electron chi connectivity index (χ3n) is 9.54. The number of carbonyl (C=O) groups excluding carboxylic acids is 2. The number of aromatic amines is 2. The summed E-state index contributed by atoms with van der Waals surface area (Å²) in [5.41, 5.74) is 8.40. The van der Waals surface area contributed by atoms with Gasteiger partial charge in [0.05, 0.1) is 42.5 Å². The van der Waals surface area contributed by atoms with Gasteiger partial charge in [0.1, 0.15) is 5.56 Å². The number of allylic oxidation sites excluding steroid dienone is 4. The highest BCUT2D eigenvalue weighted by molar-refractivity contribution is 5.97. The molecule has 8 bridgehead atoms. The number of nitrogens with one attached hydrogen (secondary N) is 2. The number of ether oxygens (including phenoxy) is 2. The maximum atomic E-state index is 15.2. The first-order valence-electron chi connectivity index (χ1n) is 16.1. The average molecular weight is 663 g/mol. The maximum absolute atomic E-state index is 15.2. The Kier molecular flexibility index (Phi) is 9.71. The van der Waals surface area contributed by atoms with E-state index in [9.17, 15) is 9.59 Å². The number of rotatable bonds is 8. The number of halogens is 3. The summed E-state index contributed by atoms with van der Waals surface area (Å²) in [5, 5.41) is 0. The van der Waals surface area contributed by atoms with Crippen molar-refractivity contribution in [3.05, 3.63) is 68.8 Å². The number of methoxy groups -OCH3 is 2. The number of fused-ring (bicyclic) bond motifs is 8. The summed E-state index contributed by atoms with van der Waals surface area (Å²) in [6.45, 7) is 11.1. The number of hydrogen-bond acceptors (Lipinski definition) is 6. The van der Waals surface area contributed by atoms with Crippen LogP contribution in [0.25, 0.3) is 44.4 Å². The second kappa shape index (κ2) is 13.4. The SMILES string of the molecule is CCC1=C(C)c2cc3nc(cc4[nH]c(cc5[nH]c(c(C)c5CC)c(C(F)(F)F)c1n2)c(C)c4CCC(=O)OC)C(CCC(=O)OC)=C3C. The van der Waals surface area contributed by atoms with E-state index in [1.807, 2.05) is 39.8 Å². The molecule has 0 spiro atoms. The monoisotopic (exact) mass is 662 g/mol. The fourth-order valence-electron chi connectivity index (χ4n) is 6.80. The van der Waals surface area contributed by atoms with Crippen LogP contribution in [0, 0.1) is 13.8 Å². The van der Waals surface area contributed by atoms with Crippen molar-refractivity contribution in [3.8, 4) is 0 Å². The number of H-pyrrole nitrogens is 2. The molecule has 0 amide bonds. The van der Waals surface area contributed by atoms with Crippen LogP contribution < -0.4 is 0 Å². The molecule has 0 aromatic carbocycles. The summed E-state index contributed by atoms with van der Waals surface area (Å²) in [5.74, 6) is -0.732. The first-order valence-corrected chi connectivity index (χ1v) is 16.1. The highest BCUT2D eigenvalue weighted by Crippen LogP contribution is 2.44. The third-order valence-corrected chi connectivity index (χ3v) is 9.54. The van der Waals surface area contributed by atoms with Crippen LogP contribution in [-0.4, -0.2) is 46.1 Å². The molecule has 0 saturated carbocycles. The topological polar surface area (TPSA) is 110 Å². The molecule has 3 aromatic rings. The lowest BCUT2D eigenvalue weighted by Gasteiger charge is -2.12. The Morgan fingerprint density at radius 1 is 0.708 bits per heavy atom. The van der Waals surface area contributed by atoms with E-state index < -0.39 is 11.7 Å².